The lowest BCUT2D eigenvalue weighted by Gasteiger charge is -2.29. The molecule has 0 fully saturated rings. The molecule has 0 amide bonds. The zero-order chi connectivity index (χ0) is 19.2. The largest absolute Gasteiger partial charge is 0.497 e. The van der Waals surface area contributed by atoms with Crippen LogP contribution in [0.3, 0.4) is 0 Å². The predicted molar refractivity (Wildman–Crippen MR) is 102 cm³/mol. The molecule has 0 unspecified atom stereocenters. The van der Waals surface area contributed by atoms with Crippen molar-refractivity contribution in [3.05, 3.63) is 47.4 Å². The monoisotopic (exact) mass is 365 g/mol. The van der Waals surface area contributed by atoms with Gasteiger partial charge in [-0.15, -0.1) is 0 Å². The molecule has 0 bridgehead atoms. The highest BCUT2D eigenvalue weighted by molar-refractivity contribution is 5.99. The summed E-state index contributed by atoms with van der Waals surface area (Å²) >= 11 is 0. The van der Waals surface area contributed by atoms with E-state index in [-0.39, 0.29) is 11.2 Å². The molecule has 0 radical (unpaired) electrons. The number of aromatic nitrogens is 3. The van der Waals surface area contributed by atoms with E-state index < -0.39 is 0 Å². The Bertz CT molecular complexity index is 1040. The van der Waals surface area contributed by atoms with E-state index in [0.29, 0.717) is 18.6 Å². The summed E-state index contributed by atoms with van der Waals surface area (Å²) in [7, 11) is 3.29. The number of fused-ring (bicyclic) bond motifs is 2. The average Bonchev–Trinajstić information content (AvgIpc) is 2.96. The van der Waals surface area contributed by atoms with Crippen LogP contribution in [0.5, 0.6) is 5.75 Å². The summed E-state index contributed by atoms with van der Waals surface area (Å²) in [5, 5.41) is 4.65. The van der Waals surface area contributed by atoms with E-state index in [1.54, 1.807) is 18.7 Å². The number of carbonyl (C=O) groups is 1. The topological polar surface area (TPSA) is 65.7 Å². The molecule has 6 nitrogen and oxygen atoms in total. The Balaban J connectivity index is 1.96. The molecule has 0 N–H and O–H groups in total. The molecule has 0 spiro atoms. The molecule has 1 aromatic carbocycles. The third-order valence-electron chi connectivity index (χ3n) is 4.99. The van der Waals surface area contributed by atoms with Crippen LogP contribution in [-0.4, -0.2) is 34.6 Å². The summed E-state index contributed by atoms with van der Waals surface area (Å²) in [6.07, 6.45) is 3.12. The van der Waals surface area contributed by atoms with E-state index in [4.69, 9.17) is 14.5 Å². The average molecular weight is 365 g/mol. The third kappa shape index (κ3) is 3.10. The molecule has 0 saturated heterocycles. The van der Waals surface area contributed by atoms with Crippen molar-refractivity contribution in [1.29, 1.82) is 0 Å². The molecular formula is C21H23N3O3. The lowest BCUT2D eigenvalue weighted by molar-refractivity contribution is 0.0909. The van der Waals surface area contributed by atoms with E-state index in [2.05, 4.69) is 18.9 Å². The van der Waals surface area contributed by atoms with Gasteiger partial charge >= 0.3 is 0 Å². The summed E-state index contributed by atoms with van der Waals surface area (Å²) < 4.78 is 12.4. The van der Waals surface area contributed by atoms with Crippen molar-refractivity contribution in [2.75, 3.05) is 14.2 Å². The number of benzene rings is 1. The third-order valence-corrected chi connectivity index (χ3v) is 4.99. The number of ketones is 1. The van der Waals surface area contributed by atoms with Crippen LogP contribution in [0, 0.1) is 5.41 Å². The number of methoxy groups -OCH3 is 2. The highest BCUT2D eigenvalue weighted by Crippen LogP contribution is 2.36. The molecule has 1 aliphatic carbocycles. The summed E-state index contributed by atoms with van der Waals surface area (Å²) in [5.41, 5.74) is 4.83. The number of ether oxygens (including phenoxy) is 2. The first-order chi connectivity index (χ1) is 12.9. The molecule has 0 atom stereocenters. The van der Waals surface area contributed by atoms with E-state index >= 15 is 0 Å². The van der Waals surface area contributed by atoms with Crippen LogP contribution in [0.15, 0.2) is 30.5 Å². The van der Waals surface area contributed by atoms with Crippen LogP contribution in [0.4, 0.5) is 0 Å². The van der Waals surface area contributed by atoms with Crippen molar-refractivity contribution in [3.8, 4) is 16.9 Å². The van der Waals surface area contributed by atoms with Crippen LogP contribution in [0.25, 0.3) is 16.8 Å². The molecule has 27 heavy (non-hydrogen) atoms. The molecule has 0 saturated carbocycles. The highest BCUT2D eigenvalue weighted by Gasteiger charge is 2.33. The van der Waals surface area contributed by atoms with Gasteiger partial charge in [-0.05, 0) is 29.5 Å². The molecule has 6 heteroatoms. The molecule has 140 valence electrons. The Morgan fingerprint density at radius 1 is 1.22 bits per heavy atom. The van der Waals surface area contributed by atoms with Crippen LogP contribution in [-0.2, 0) is 17.8 Å². The maximum Gasteiger partial charge on any atom is 0.166 e. The smallest absolute Gasteiger partial charge is 0.166 e. The minimum absolute atomic E-state index is 0.0824. The minimum atomic E-state index is -0.0824. The molecular weight excluding hydrogens is 342 g/mol. The Hall–Kier alpha value is -2.73. The summed E-state index contributed by atoms with van der Waals surface area (Å²) in [6.45, 7) is 4.57. The van der Waals surface area contributed by atoms with Gasteiger partial charge in [-0.3, -0.25) is 4.79 Å². The standard InChI is InChI=1S/C21H23N3O3/c1-21(2)9-16-15(18(25)10-21)11-24-20(22-16)19(17(23-24)12-26-3)13-6-5-7-14(8-13)27-4/h5-8,11H,9-10,12H2,1-4H3. The molecule has 2 aromatic heterocycles. The Kier molecular flexibility index (Phi) is 4.23. The first-order valence-electron chi connectivity index (χ1n) is 8.99. The van der Waals surface area contributed by atoms with Crippen molar-refractivity contribution < 1.29 is 14.3 Å². The van der Waals surface area contributed by atoms with E-state index in [9.17, 15) is 4.79 Å². The second kappa shape index (κ2) is 6.46. The van der Waals surface area contributed by atoms with Gasteiger partial charge in [-0.1, -0.05) is 26.0 Å². The maximum atomic E-state index is 12.6. The van der Waals surface area contributed by atoms with Crippen molar-refractivity contribution in [1.82, 2.24) is 14.6 Å². The first kappa shape index (κ1) is 17.7. The summed E-state index contributed by atoms with van der Waals surface area (Å²) in [5.74, 6) is 0.895. The fraction of sp³-hybridized carbons (Fsp3) is 0.381. The van der Waals surface area contributed by atoms with Gasteiger partial charge in [-0.25, -0.2) is 9.50 Å². The number of hydrogen-bond donors (Lipinski definition) is 0. The molecule has 4 rings (SSSR count). The van der Waals surface area contributed by atoms with Crippen LogP contribution in [0.2, 0.25) is 0 Å². The molecule has 2 heterocycles. The number of nitrogens with zero attached hydrogens (tertiary/aromatic N) is 3. The lowest BCUT2D eigenvalue weighted by atomic mass is 9.76. The minimum Gasteiger partial charge on any atom is -0.497 e. The van der Waals surface area contributed by atoms with Gasteiger partial charge < -0.3 is 9.47 Å². The van der Waals surface area contributed by atoms with Gasteiger partial charge in [0.05, 0.1) is 36.2 Å². The maximum absolute atomic E-state index is 12.6. The fourth-order valence-electron chi connectivity index (χ4n) is 3.78. The lowest BCUT2D eigenvalue weighted by Crippen LogP contribution is -2.28. The predicted octanol–water partition coefficient (Wildman–Crippen LogP) is 3.71. The van der Waals surface area contributed by atoms with Gasteiger partial charge in [0, 0.05) is 19.7 Å². The van der Waals surface area contributed by atoms with Gasteiger partial charge in [-0.2, -0.15) is 5.10 Å². The van der Waals surface area contributed by atoms with Crippen LogP contribution < -0.4 is 4.74 Å². The van der Waals surface area contributed by atoms with E-state index in [1.165, 1.54) is 0 Å². The SMILES string of the molecule is COCc1nn2cc3c(nc2c1-c1cccc(OC)c1)CC(C)(C)CC3=O. The Morgan fingerprint density at radius 2 is 2.04 bits per heavy atom. The van der Waals surface area contributed by atoms with Gasteiger partial charge in [0.25, 0.3) is 0 Å². The van der Waals surface area contributed by atoms with Crippen molar-refractivity contribution >= 4 is 11.4 Å². The summed E-state index contributed by atoms with van der Waals surface area (Å²) in [6, 6.07) is 7.82. The molecule has 3 aromatic rings. The number of carbonyl (C=O) groups excluding carboxylic acids is 1. The Morgan fingerprint density at radius 3 is 2.78 bits per heavy atom. The number of Topliss-reactive ketones (excluding diaryl/α,β-unsaturated/α-hetero) is 1. The first-order valence-corrected chi connectivity index (χ1v) is 8.99. The van der Waals surface area contributed by atoms with E-state index in [0.717, 1.165) is 40.3 Å². The fourth-order valence-corrected chi connectivity index (χ4v) is 3.78. The number of hydrogen-bond acceptors (Lipinski definition) is 5. The van der Waals surface area contributed by atoms with Crippen LogP contribution in [0.1, 0.15) is 42.0 Å². The van der Waals surface area contributed by atoms with E-state index in [1.807, 2.05) is 30.5 Å². The van der Waals surface area contributed by atoms with Gasteiger partial charge in [0.2, 0.25) is 0 Å². The van der Waals surface area contributed by atoms with Crippen molar-refractivity contribution in [2.45, 2.75) is 33.3 Å². The van der Waals surface area contributed by atoms with Crippen LogP contribution >= 0.6 is 0 Å². The zero-order valence-electron chi connectivity index (χ0n) is 16.1. The summed E-state index contributed by atoms with van der Waals surface area (Å²) in [4.78, 5) is 17.5. The van der Waals surface area contributed by atoms with Crippen molar-refractivity contribution in [2.24, 2.45) is 5.41 Å². The van der Waals surface area contributed by atoms with Gasteiger partial charge in [0.1, 0.15) is 5.75 Å². The number of rotatable bonds is 4. The molecule has 1 aliphatic rings. The second-order valence-corrected chi connectivity index (χ2v) is 7.80. The highest BCUT2D eigenvalue weighted by atomic mass is 16.5. The second-order valence-electron chi connectivity index (χ2n) is 7.80. The van der Waals surface area contributed by atoms with Gasteiger partial charge in [0.15, 0.2) is 11.4 Å². The van der Waals surface area contributed by atoms with Crippen molar-refractivity contribution in [3.63, 3.8) is 0 Å². The molecule has 0 aliphatic heterocycles. The normalized spacial score (nSPS) is 15.8. The zero-order valence-corrected chi connectivity index (χ0v) is 16.1. The Labute approximate surface area is 158 Å². The quantitative estimate of drug-likeness (QED) is 0.705.